The third-order valence-electron chi connectivity index (χ3n) is 17.5. The van der Waals surface area contributed by atoms with Crippen molar-refractivity contribution in [1.82, 2.24) is 0 Å². The van der Waals surface area contributed by atoms with Crippen LogP contribution in [0, 0.1) is 94.7 Å². The number of hydrogen-bond donors (Lipinski definition) is 0. The van der Waals surface area contributed by atoms with Crippen LogP contribution in [0.1, 0.15) is 277 Å². The molecule has 0 fully saturated rings. The zero-order valence-corrected chi connectivity index (χ0v) is 71.6. The summed E-state index contributed by atoms with van der Waals surface area (Å²) in [5, 5.41) is 1.77. The van der Waals surface area contributed by atoms with E-state index < -0.39 is 23.5 Å². The van der Waals surface area contributed by atoms with Crippen LogP contribution in [-0.2, 0) is 76.6 Å². The number of alkyl halides is 6. The Morgan fingerprint density at radius 3 is 0.948 bits per heavy atom. The molecular weight excluding hydrogens is 1630 g/mol. The summed E-state index contributed by atoms with van der Waals surface area (Å²) in [6, 6.07) is 58.2. The fourth-order valence-corrected chi connectivity index (χ4v) is 11.9. The van der Waals surface area contributed by atoms with E-state index in [9.17, 15) is 35.1 Å². The van der Waals surface area contributed by atoms with Gasteiger partial charge in [-0.2, -0.15) is 26.3 Å². The Hall–Kier alpha value is -6.82. The first-order valence-electron chi connectivity index (χ1n) is 36.8. The van der Waals surface area contributed by atoms with Gasteiger partial charge in [-0.15, -0.1) is 0 Å². The molecule has 12 heteroatoms. The van der Waals surface area contributed by atoms with E-state index in [1.807, 2.05) is 77.9 Å². The molecule has 0 spiro atoms. The lowest BCUT2D eigenvalue weighted by Gasteiger charge is -2.11. The Kier molecular flexibility index (Phi) is 76.2. The van der Waals surface area contributed by atoms with Gasteiger partial charge in [-0.05, 0) is 307 Å². The number of rotatable bonds is 10. The number of halogens is 12. The summed E-state index contributed by atoms with van der Waals surface area (Å²) in [6.45, 7) is 44.1. The van der Waals surface area contributed by atoms with E-state index in [-0.39, 0.29) is 91.5 Å². The van der Waals surface area contributed by atoms with Gasteiger partial charge in [0.2, 0.25) is 0 Å². The molecule has 656 valence electrons. The van der Waals surface area contributed by atoms with Crippen molar-refractivity contribution < 1.29 is 35.1 Å². The van der Waals surface area contributed by atoms with Crippen LogP contribution in [-0.4, -0.2) is 0 Å². The minimum Gasteiger partial charge on any atom is -0.207 e. The first-order chi connectivity index (χ1) is 49.8. The summed E-state index contributed by atoms with van der Waals surface area (Å²) >= 11 is 18.8. The topological polar surface area (TPSA) is 0 Å². The van der Waals surface area contributed by atoms with Crippen molar-refractivity contribution in [3.63, 3.8) is 0 Å². The van der Waals surface area contributed by atoms with Gasteiger partial charge in [0, 0.05) is 19.0 Å². The van der Waals surface area contributed by atoms with Crippen molar-refractivity contribution in [1.29, 1.82) is 0 Å². The quantitative estimate of drug-likeness (QED) is 0.120. The van der Waals surface area contributed by atoms with Crippen LogP contribution in [0.15, 0.2) is 191 Å². The zero-order chi connectivity index (χ0) is 80.6. The van der Waals surface area contributed by atoms with Gasteiger partial charge in [-0.25, -0.2) is 8.78 Å². The van der Waals surface area contributed by atoms with Gasteiger partial charge in [0.05, 0.1) is 11.1 Å². The molecule has 0 aliphatic heterocycles. The predicted octanol–water partition coefficient (Wildman–Crippen LogP) is 37.7. The molecule has 0 nitrogen and oxygen atoms in total. The highest BCUT2D eigenvalue weighted by Gasteiger charge is 2.33. The molecule has 0 saturated carbocycles. The van der Waals surface area contributed by atoms with E-state index in [0.29, 0.717) is 24.0 Å². The molecular formula is C104H156Br2Cl2F8. The summed E-state index contributed by atoms with van der Waals surface area (Å²) in [5.74, 6) is -0.179. The Morgan fingerprint density at radius 2 is 0.569 bits per heavy atom. The molecule has 0 radical (unpaired) electrons. The minimum atomic E-state index is -4.23. The molecule has 116 heavy (non-hydrogen) atoms. The van der Waals surface area contributed by atoms with E-state index >= 15 is 0 Å². The Labute approximate surface area is 734 Å². The lowest BCUT2D eigenvalue weighted by molar-refractivity contribution is -0.139. The van der Waals surface area contributed by atoms with Crippen molar-refractivity contribution >= 4 is 55.1 Å². The first-order valence-corrected chi connectivity index (χ1v) is 39.1. The van der Waals surface area contributed by atoms with Crippen molar-refractivity contribution in [2.45, 2.75) is 303 Å². The predicted molar refractivity (Wildman–Crippen MR) is 518 cm³/mol. The zero-order valence-electron chi connectivity index (χ0n) is 66.9. The van der Waals surface area contributed by atoms with Gasteiger partial charge in [-0.3, -0.25) is 0 Å². The van der Waals surface area contributed by atoms with Gasteiger partial charge in [0.25, 0.3) is 0 Å². The molecule has 0 N–H and O–H groups in total. The molecule has 0 saturated heterocycles. The standard InChI is InChI=1S/2C10H11F3.2C10H14.2C9H11Br.2C9H11Cl.2C9H11F.10CH4/c1-3-8-5-4-7(2)9(6-8)10(11,12)13;1-3-8-5-4-7(2)6-9(8)10(11,12)13;1-4-10-6-5-8(2)9(3)7-10;1-4-10-6-5-8(2)7-9(10)3;1-3-8-5-4-7(2)9(10)6-8;1-3-8-5-4-7(2)6-9(8)10;1-3-8-5-4-7(2)9(10)6-8;1-3-8-5-4-7(2)6-9(8)10;1-3-8-5-4-7(2)9(10)6-8;1-3-8-5-4-7(2)6-9(8)10;;;;;;;;;;/h2*4-6H,3H2,1-2H3;2*5-7H,4H2,1-3H3;6*4-6H,3H2,1-2H3;10*1H4. The Balaban J connectivity index is -0.000000133. The maximum atomic E-state index is 12.9. The molecule has 0 aliphatic carbocycles. The largest absolute Gasteiger partial charge is 0.416 e. The molecule has 10 aromatic carbocycles. The lowest BCUT2D eigenvalue weighted by Crippen LogP contribution is -2.08. The van der Waals surface area contributed by atoms with Gasteiger partial charge < -0.3 is 0 Å². The van der Waals surface area contributed by atoms with E-state index in [0.717, 1.165) is 94.8 Å². The minimum absolute atomic E-state index is 0. The Bertz CT molecular complexity index is 3810. The fraction of sp³-hybridized carbons (Fsp3) is 0.423. The third kappa shape index (κ3) is 50.2. The summed E-state index contributed by atoms with van der Waals surface area (Å²) in [7, 11) is 0. The lowest BCUT2D eigenvalue weighted by atomic mass is 10.0. The fourth-order valence-electron chi connectivity index (χ4n) is 10.1. The van der Waals surface area contributed by atoms with E-state index in [1.165, 1.54) is 112 Å². The van der Waals surface area contributed by atoms with E-state index in [4.69, 9.17) is 23.2 Å². The monoisotopic (exact) mass is 1780 g/mol. The van der Waals surface area contributed by atoms with Crippen LogP contribution >= 0.6 is 55.1 Å². The van der Waals surface area contributed by atoms with Crippen molar-refractivity contribution in [3.8, 4) is 0 Å². The highest BCUT2D eigenvalue weighted by atomic mass is 79.9. The van der Waals surface area contributed by atoms with Crippen molar-refractivity contribution in [3.05, 3.63) is 346 Å². The van der Waals surface area contributed by atoms with Gasteiger partial charge in [0.1, 0.15) is 11.6 Å². The summed E-state index contributed by atoms with van der Waals surface area (Å²) < 4.78 is 102. The molecule has 0 heterocycles. The second-order valence-electron chi connectivity index (χ2n) is 26.2. The van der Waals surface area contributed by atoms with Crippen LogP contribution in [0.2, 0.25) is 10.0 Å². The van der Waals surface area contributed by atoms with Crippen molar-refractivity contribution in [2.24, 2.45) is 0 Å². The van der Waals surface area contributed by atoms with Crippen LogP contribution in [0.25, 0.3) is 0 Å². The summed E-state index contributed by atoms with van der Waals surface area (Å²) in [4.78, 5) is 0. The average molecular weight is 1790 g/mol. The number of hydrogen-bond acceptors (Lipinski definition) is 0. The van der Waals surface area contributed by atoms with Gasteiger partial charge in [-0.1, -0.05) is 343 Å². The molecule has 0 atom stereocenters. The molecule has 0 bridgehead atoms. The van der Waals surface area contributed by atoms with Crippen LogP contribution < -0.4 is 0 Å². The average Bonchev–Trinajstić information content (AvgIpc) is 0.830. The second kappa shape index (κ2) is 68.0. The molecule has 0 amide bonds. The van der Waals surface area contributed by atoms with Gasteiger partial charge >= 0.3 is 12.4 Å². The maximum Gasteiger partial charge on any atom is 0.416 e. The Morgan fingerprint density at radius 1 is 0.233 bits per heavy atom. The highest BCUT2D eigenvalue weighted by Crippen LogP contribution is 2.34. The van der Waals surface area contributed by atoms with Crippen LogP contribution in [0.3, 0.4) is 0 Å². The highest BCUT2D eigenvalue weighted by molar-refractivity contribution is 9.10. The maximum absolute atomic E-state index is 12.9. The third-order valence-corrected chi connectivity index (χ3v) is 19.9. The molecule has 10 aromatic rings. The summed E-state index contributed by atoms with van der Waals surface area (Å²) in [6.07, 6.45) is 0.820. The van der Waals surface area contributed by atoms with Gasteiger partial charge in [0.15, 0.2) is 0 Å². The molecule has 0 aromatic heterocycles. The SMILES string of the molecule is C.C.C.C.C.C.C.C.C.C.CCc1ccc(C)c(Br)c1.CCc1ccc(C)c(C(F)(F)F)c1.CCc1ccc(C)c(C)c1.CCc1ccc(C)c(Cl)c1.CCc1ccc(C)c(F)c1.CCc1ccc(C)cc1Br.CCc1ccc(C)cc1C.CCc1ccc(C)cc1C(F)(F)F.CCc1ccc(C)cc1Cl.CCc1ccc(C)cc1F. The number of benzene rings is 10. The van der Waals surface area contributed by atoms with E-state index in [2.05, 4.69) is 212 Å². The van der Waals surface area contributed by atoms with E-state index in [1.54, 1.807) is 45.0 Å². The first kappa shape index (κ1) is 130. The molecule has 0 unspecified atom stereocenters. The summed E-state index contributed by atoms with van der Waals surface area (Å²) in [5.41, 5.74) is 23.3. The van der Waals surface area contributed by atoms with Crippen LogP contribution in [0.4, 0.5) is 35.1 Å². The van der Waals surface area contributed by atoms with Crippen LogP contribution in [0.5, 0.6) is 0 Å². The second-order valence-corrected chi connectivity index (χ2v) is 28.7. The molecule has 10 rings (SSSR count). The van der Waals surface area contributed by atoms with Crippen molar-refractivity contribution in [2.75, 3.05) is 0 Å². The smallest absolute Gasteiger partial charge is 0.207 e. The number of aryl methyl sites for hydroxylation is 22. The molecule has 0 aliphatic rings. The normalized spacial score (nSPS) is 9.47.